The third-order valence-corrected chi connectivity index (χ3v) is 14.1. The van der Waals surface area contributed by atoms with Crippen LogP contribution in [-0.2, 0) is 70.8 Å². The highest BCUT2D eigenvalue weighted by atomic mass is 16.2. The molecule has 0 unspecified atom stereocenters. The molecule has 0 atom stereocenters. The molecule has 34 nitrogen and oxygen atoms in total. The van der Waals surface area contributed by atoms with Gasteiger partial charge < -0.3 is 99.9 Å². The second kappa shape index (κ2) is 29.2. The second-order valence-electron chi connectivity index (χ2n) is 22.1. The summed E-state index contributed by atoms with van der Waals surface area (Å²) >= 11 is 0. The summed E-state index contributed by atoms with van der Waals surface area (Å²) in [4.78, 5) is 157. The summed E-state index contributed by atoms with van der Waals surface area (Å²) < 4.78 is 11.8. The molecule has 34 heteroatoms. The van der Waals surface area contributed by atoms with Crippen LogP contribution in [0.25, 0.3) is 0 Å². The van der Waals surface area contributed by atoms with Crippen LogP contribution < -0.4 is 58.5 Å². The van der Waals surface area contributed by atoms with Crippen molar-refractivity contribution in [3.63, 3.8) is 0 Å². The van der Waals surface area contributed by atoms with Gasteiger partial charge in [0.25, 0.3) is 47.3 Å². The van der Waals surface area contributed by atoms with E-state index >= 15 is 0 Å². The molecule has 0 aliphatic rings. The molecule has 0 bridgehead atoms. The van der Waals surface area contributed by atoms with Gasteiger partial charge in [0, 0.05) is 145 Å². The molecule has 0 saturated heterocycles. The van der Waals surface area contributed by atoms with Crippen LogP contribution in [0.3, 0.4) is 0 Å². The molecule has 0 fully saturated rings. The quantitative estimate of drug-likeness (QED) is 0.0329. The maximum atomic E-state index is 13.5. The van der Waals surface area contributed by atoms with Crippen molar-refractivity contribution < 1.29 is 52.7 Å². The van der Waals surface area contributed by atoms with E-state index in [1.54, 1.807) is 79.5 Å². The van der Waals surface area contributed by atoms with Gasteiger partial charge in [-0.2, -0.15) is 0 Å². The van der Waals surface area contributed by atoms with Gasteiger partial charge >= 0.3 is 0 Å². The minimum atomic E-state index is -0.639. The molecule has 0 aromatic carbocycles. The zero-order valence-corrected chi connectivity index (χ0v) is 53.0. The first-order valence-corrected chi connectivity index (χ1v) is 28.9. The molecule has 0 radical (unpaired) electrons. The van der Waals surface area contributed by atoms with Gasteiger partial charge in [-0.3, -0.25) is 52.7 Å². The zero-order valence-electron chi connectivity index (χ0n) is 53.0. The molecule has 8 heterocycles. The number of hydrogen-bond donors (Lipinski definition) is 11. The zero-order chi connectivity index (χ0) is 67.5. The van der Waals surface area contributed by atoms with Crippen LogP contribution in [0.2, 0.25) is 0 Å². The van der Waals surface area contributed by atoms with Crippen LogP contribution in [-0.4, -0.2) is 162 Å². The Balaban J connectivity index is 0.747. The van der Waals surface area contributed by atoms with Crippen molar-refractivity contribution >= 4 is 111 Å². The minimum Gasteiger partial charge on any atom is -0.356 e. The van der Waals surface area contributed by atoms with Crippen molar-refractivity contribution in [1.82, 2.24) is 72.3 Å². The van der Waals surface area contributed by atoms with E-state index in [1.165, 1.54) is 100 Å². The molecule has 11 N–H and O–H groups in total. The van der Waals surface area contributed by atoms with Crippen LogP contribution in [0.15, 0.2) is 79.9 Å². The lowest BCUT2D eigenvalue weighted by Crippen LogP contribution is -2.32. The van der Waals surface area contributed by atoms with Crippen molar-refractivity contribution in [2.45, 2.75) is 32.6 Å². The highest BCUT2D eigenvalue weighted by molar-refractivity contribution is 6.10. The number of anilines is 8. The number of imidazole rings is 3. The fraction of sp³-hybridized carbons (Fsp3) is 0.322. The Hall–Kier alpha value is -11.8. The molecule has 8 aromatic rings. The summed E-state index contributed by atoms with van der Waals surface area (Å²) in [5.41, 5.74) is 2.48. The maximum Gasteiger partial charge on any atom is 0.292 e. The SMILES string of the molecule is CC(=O)Nc1cn(C)c(C(=O)Nc2cn(C)c(C(=O)Nc3cc(C(=O)Nc4cc(C(=O)NCCCC(=O)Nc5cn(C)c(C(=O)Nc6cc(C(=O)Nc7cc(C(=O)Nc8cc(C(=O)NCCC(=O)NCCCN(C)C)n(C)c8)n(C)c7)n(C)c6)n5)n(C)c4)n(C)c3)n2)n1. The number of carbonyl (C=O) groups excluding carboxylic acids is 11. The third kappa shape index (κ3) is 17.3. The maximum absolute atomic E-state index is 13.5. The normalized spacial score (nSPS) is 11.0. The predicted molar refractivity (Wildman–Crippen MR) is 342 cm³/mol. The monoisotopic (exact) mass is 1280 g/mol. The Morgan fingerprint density at radius 2 is 0.667 bits per heavy atom. The summed E-state index contributed by atoms with van der Waals surface area (Å²) in [6.45, 7) is 2.93. The molecule has 11 amide bonds. The predicted octanol–water partition coefficient (Wildman–Crippen LogP) is 2.39. The molecular weight excluding hydrogens is 1210 g/mol. The Bertz CT molecular complexity index is 4210. The number of rotatable bonds is 27. The number of carbonyl (C=O) groups is 11. The van der Waals surface area contributed by atoms with E-state index in [-0.39, 0.29) is 119 Å². The lowest BCUT2D eigenvalue weighted by molar-refractivity contribution is -0.121. The van der Waals surface area contributed by atoms with E-state index in [0.717, 1.165) is 13.0 Å². The van der Waals surface area contributed by atoms with E-state index in [9.17, 15) is 52.7 Å². The first kappa shape index (κ1) is 67.1. The average molecular weight is 1280 g/mol. The van der Waals surface area contributed by atoms with Crippen LogP contribution in [0.5, 0.6) is 0 Å². The summed E-state index contributed by atoms with van der Waals surface area (Å²) in [6.07, 6.45) is 13.2. The Kier molecular flexibility index (Phi) is 21.1. The number of hydrogen-bond acceptors (Lipinski definition) is 15. The van der Waals surface area contributed by atoms with Gasteiger partial charge in [-0.1, -0.05) is 0 Å². The molecule has 8 aromatic heterocycles. The topological polar surface area (TPSA) is 401 Å². The second-order valence-corrected chi connectivity index (χ2v) is 22.1. The molecule has 0 aliphatic heterocycles. The van der Waals surface area contributed by atoms with E-state index in [4.69, 9.17) is 0 Å². The molecule has 0 spiro atoms. The van der Waals surface area contributed by atoms with Gasteiger partial charge in [0.2, 0.25) is 35.2 Å². The molecule has 490 valence electrons. The third-order valence-electron chi connectivity index (χ3n) is 14.1. The van der Waals surface area contributed by atoms with Crippen molar-refractivity contribution in [3.05, 3.63) is 126 Å². The van der Waals surface area contributed by atoms with Crippen molar-refractivity contribution in [3.8, 4) is 0 Å². The largest absolute Gasteiger partial charge is 0.356 e. The highest BCUT2D eigenvalue weighted by Gasteiger charge is 2.25. The van der Waals surface area contributed by atoms with Crippen molar-refractivity contribution in [1.29, 1.82) is 0 Å². The average Bonchev–Trinajstić information content (AvgIpc) is 1.77. The number of nitrogens with one attached hydrogen (secondary N) is 11. The lowest BCUT2D eigenvalue weighted by atomic mass is 10.3. The van der Waals surface area contributed by atoms with E-state index < -0.39 is 53.2 Å². The Labute approximate surface area is 531 Å². The number of aromatic nitrogens is 11. The minimum absolute atomic E-state index is 0.0117. The van der Waals surface area contributed by atoms with E-state index in [0.29, 0.717) is 23.6 Å². The molecule has 0 aliphatic carbocycles. The van der Waals surface area contributed by atoms with Gasteiger partial charge in [-0.25, -0.2) is 15.0 Å². The van der Waals surface area contributed by atoms with Crippen molar-refractivity contribution in [2.24, 2.45) is 56.4 Å². The molecule has 93 heavy (non-hydrogen) atoms. The first-order valence-electron chi connectivity index (χ1n) is 28.9. The number of nitrogens with zero attached hydrogens (tertiary/aromatic N) is 12. The van der Waals surface area contributed by atoms with Gasteiger partial charge in [-0.05, 0) is 63.8 Å². The van der Waals surface area contributed by atoms with Crippen LogP contribution in [0.1, 0.15) is 117 Å². The number of aryl methyl sites for hydroxylation is 8. The number of amides is 11. The fourth-order valence-electron chi connectivity index (χ4n) is 9.66. The van der Waals surface area contributed by atoms with Crippen LogP contribution >= 0.6 is 0 Å². The summed E-state index contributed by atoms with van der Waals surface area (Å²) in [7, 11) is 16.7. The Morgan fingerprint density at radius 3 is 1.04 bits per heavy atom. The van der Waals surface area contributed by atoms with E-state index in [2.05, 4.69) is 73.4 Å². The summed E-state index contributed by atoms with van der Waals surface area (Å²) in [5.74, 6) is -5.15. The molecule has 0 saturated carbocycles. The summed E-state index contributed by atoms with van der Waals surface area (Å²) in [6, 6.07) is 7.37. The Morgan fingerprint density at radius 1 is 0.344 bits per heavy atom. The molecule has 8 rings (SSSR count). The smallest absolute Gasteiger partial charge is 0.292 e. The van der Waals surface area contributed by atoms with Gasteiger partial charge in [0.15, 0.2) is 17.5 Å². The van der Waals surface area contributed by atoms with Crippen LogP contribution in [0.4, 0.5) is 45.9 Å². The van der Waals surface area contributed by atoms with Gasteiger partial charge in [0.05, 0.1) is 28.4 Å². The van der Waals surface area contributed by atoms with Gasteiger partial charge in [-0.15, -0.1) is 0 Å². The fourth-order valence-corrected chi connectivity index (χ4v) is 9.66. The van der Waals surface area contributed by atoms with Crippen molar-refractivity contribution in [2.75, 3.05) is 82.8 Å². The summed E-state index contributed by atoms with van der Waals surface area (Å²) in [5, 5.41) is 29.8. The highest BCUT2D eigenvalue weighted by Crippen LogP contribution is 2.23. The van der Waals surface area contributed by atoms with Gasteiger partial charge in [0.1, 0.15) is 28.5 Å². The lowest BCUT2D eigenvalue weighted by Gasteiger charge is -2.10. The van der Waals surface area contributed by atoms with E-state index in [1.807, 2.05) is 19.0 Å². The molecular formula is C59H73N23O11. The standard InChI is InChI=1S/C59H73N23O11/c1-33(83)63-44-30-80(9)51(70-44)59(93)73-46-32-82(11)50(72-46)58(92)68-38-24-42(78(7)29-38)55(89)64-34-20-39(75(4)25-34)52(86)61-16-12-14-48(85)69-45-31-81(10)49(71-45)57(91)67-37-23-43(79(8)28-37)56(90)66-36-22-41(77(6)27-36)54(88)65-35-21-40(76(5)26-35)53(87)62-18-15-47(84)60-17-13-19-74(2)3/h20-32H,12-19H2,1-11H3,(H,60,84)(H,61,86)(H,62,87)(H,63,83)(H,64,89)(H,65,88)(H,66,90)(H,67,91)(H,68,92)(H,69,85)(H,73,93). The first-order chi connectivity index (χ1) is 44.1. The van der Waals surface area contributed by atoms with Crippen LogP contribution in [0, 0.1) is 0 Å².